The summed E-state index contributed by atoms with van der Waals surface area (Å²) in [5.74, 6) is 2.58. The first-order chi connectivity index (χ1) is 8.33. The standard InChI is InChI=1S/C14H23N3/c1-2-9-17-12(7-8-16-17)14(15)13-10-5-3-4-6-11(10)13/h7-8,10-11,13-14H,2-6,9,15H2,1H3. The molecule has 2 aliphatic rings. The number of aryl methyl sites for hydroxylation is 1. The van der Waals surface area contributed by atoms with Gasteiger partial charge in [0.15, 0.2) is 0 Å². The van der Waals surface area contributed by atoms with Crippen LogP contribution in [0.15, 0.2) is 12.3 Å². The zero-order chi connectivity index (χ0) is 11.8. The van der Waals surface area contributed by atoms with Crippen LogP contribution >= 0.6 is 0 Å². The van der Waals surface area contributed by atoms with E-state index < -0.39 is 0 Å². The Bertz CT molecular complexity index is 373. The summed E-state index contributed by atoms with van der Waals surface area (Å²) in [6.07, 6.45) is 8.67. The van der Waals surface area contributed by atoms with E-state index in [4.69, 9.17) is 5.73 Å². The summed E-state index contributed by atoms with van der Waals surface area (Å²) in [7, 11) is 0. The predicted molar refractivity (Wildman–Crippen MR) is 68.4 cm³/mol. The third kappa shape index (κ3) is 1.90. The fourth-order valence-corrected chi connectivity index (χ4v) is 3.80. The van der Waals surface area contributed by atoms with Crippen molar-refractivity contribution in [3.63, 3.8) is 0 Å². The molecule has 3 rings (SSSR count). The summed E-state index contributed by atoms with van der Waals surface area (Å²) < 4.78 is 2.11. The van der Waals surface area contributed by atoms with Crippen LogP contribution in [-0.4, -0.2) is 9.78 Å². The number of aromatic nitrogens is 2. The Hall–Kier alpha value is -0.830. The maximum Gasteiger partial charge on any atom is 0.0554 e. The molecule has 0 aromatic carbocycles. The predicted octanol–water partition coefficient (Wildman–Crippen LogP) is 2.73. The van der Waals surface area contributed by atoms with Gasteiger partial charge in [0.25, 0.3) is 0 Å². The van der Waals surface area contributed by atoms with Crippen LogP contribution in [0.5, 0.6) is 0 Å². The minimum Gasteiger partial charge on any atom is -0.322 e. The van der Waals surface area contributed by atoms with Crippen molar-refractivity contribution in [3.8, 4) is 0 Å². The van der Waals surface area contributed by atoms with Gasteiger partial charge in [0.05, 0.1) is 11.7 Å². The van der Waals surface area contributed by atoms with E-state index in [1.54, 1.807) is 0 Å². The number of hydrogen-bond acceptors (Lipinski definition) is 2. The van der Waals surface area contributed by atoms with Crippen molar-refractivity contribution in [2.24, 2.45) is 23.5 Å². The normalized spacial score (nSPS) is 33.2. The molecule has 94 valence electrons. The molecule has 3 atom stereocenters. The molecule has 1 heterocycles. The quantitative estimate of drug-likeness (QED) is 0.869. The Balaban J connectivity index is 1.73. The summed E-state index contributed by atoms with van der Waals surface area (Å²) in [6.45, 7) is 3.19. The highest BCUT2D eigenvalue weighted by atomic mass is 15.3. The smallest absolute Gasteiger partial charge is 0.0554 e. The number of nitrogens with zero attached hydrogens (tertiary/aromatic N) is 2. The van der Waals surface area contributed by atoms with E-state index in [0.717, 1.165) is 30.7 Å². The fraction of sp³-hybridized carbons (Fsp3) is 0.786. The second-order valence-electron chi connectivity index (χ2n) is 5.69. The molecule has 0 bridgehead atoms. The van der Waals surface area contributed by atoms with Crippen LogP contribution in [0.4, 0.5) is 0 Å². The van der Waals surface area contributed by atoms with Gasteiger partial charge >= 0.3 is 0 Å². The third-order valence-corrected chi connectivity index (χ3v) is 4.66. The lowest BCUT2D eigenvalue weighted by atomic mass is 10.0. The summed E-state index contributed by atoms with van der Waals surface area (Å²) in [4.78, 5) is 0. The summed E-state index contributed by atoms with van der Waals surface area (Å²) >= 11 is 0. The molecule has 0 spiro atoms. The molecule has 3 unspecified atom stereocenters. The molecule has 1 aromatic heterocycles. The lowest BCUT2D eigenvalue weighted by molar-refractivity contribution is 0.480. The van der Waals surface area contributed by atoms with Crippen molar-refractivity contribution in [1.29, 1.82) is 0 Å². The van der Waals surface area contributed by atoms with Crippen LogP contribution in [0.25, 0.3) is 0 Å². The van der Waals surface area contributed by atoms with Crippen molar-refractivity contribution >= 4 is 0 Å². The van der Waals surface area contributed by atoms with Crippen molar-refractivity contribution in [3.05, 3.63) is 18.0 Å². The van der Waals surface area contributed by atoms with E-state index in [2.05, 4.69) is 22.8 Å². The summed E-state index contributed by atoms with van der Waals surface area (Å²) in [6, 6.07) is 2.34. The Morgan fingerprint density at radius 2 is 2.12 bits per heavy atom. The van der Waals surface area contributed by atoms with Crippen LogP contribution in [0.3, 0.4) is 0 Å². The molecule has 2 N–H and O–H groups in total. The van der Waals surface area contributed by atoms with E-state index in [1.165, 1.54) is 31.4 Å². The van der Waals surface area contributed by atoms with Gasteiger partial charge < -0.3 is 5.73 Å². The van der Waals surface area contributed by atoms with E-state index in [1.807, 2.05) is 6.20 Å². The van der Waals surface area contributed by atoms with Gasteiger partial charge in [-0.2, -0.15) is 5.10 Å². The fourth-order valence-electron chi connectivity index (χ4n) is 3.80. The van der Waals surface area contributed by atoms with Gasteiger partial charge in [-0.3, -0.25) is 4.68 Å². The summed E-state index contributed by atoms with van der Waals surface area (Å²) in [5.41, 5.74) is 7.73. The monoisotopic (exact) mass is 233 g/mol. The number of rotatable bonds is 4. The van der Waals surface area contributed by atoms with E-state index >= 15 is 0 Å². The molecule has 3 heteroatoms. The lowest BCUT2D eigenvalue weighted by Gasteiger charge is -2.14. The average molecular weight is 233 g/mol. The Morgan fingerprint density at radius 1 is 1.41 bits per heavy atom. The van der Waals surface area contributed by atoms with Crippen molar-refractivity contribution < 1.29 is 0 Å². The molecule has 0 amide bonds. The van der Waals surface area contributed by atoms with E-state index in [-0.39, 0.29) is 6.04 Å². The van der Waals surface area contributed by atoms with Gasteiger partial charge in [0, 0.05) is 12.7 Å². The topological polar surface area (TPSA) is 43.8 Å². The SMILES string of the molecule is CCCn1nccc1C(N)C1C2CCCCC21. The Kier molecular flexibility index (Phi) is 2.95. The maximum atomic E-state index is 6.47. The highest BCUT2D eigenvalue weighted by Crippen LogP contribution is 2.59. The highest BCUT2D eigenvalue weighted by molar-refractivity contribution is 5.15. The largest absolute Gasteiger partial charge is 0.322 e. The number of fused-ring (bicyclic) bond motifs is 1. The molecule has 2 saturated carbocycles. The number of nitrogens with two attached hydrogens (primary N) is 1. The first-order valence-corrected chi connectivity index (χ1v) is 7.10. The minimum absolute atomic E-state index is 0.220. The van der Waals surface area contributed by atoms with Crippen LogP contribution in [0.2, 0.25) is 0 Å². The average Bonchev–Trinajstić information content (AvgIpc) is 2.90. The Labute approximate surface area is 103 Å². The second kappa shape index (κ2) is 4.45. The molecular formula is C14H23N3. The van der Waals surface area contributed by atoms with Crippen LogP contribution in [-0.2, 0) is 6.54 Å². The molecule has 2 fully saturated rings. The van der Waals surface area contributed by atoms with E-state index in [9.17, 15) is 0 Å². The molecule has 1 aromatic rings. The molecule has 17 heavy (non-hydrogen) atoms. The minimum atomic E-state index is 0.220. The number of hydrogen-bond donors (Lipinski definition) is 1. The van der Waals surface area contributed by atoms with Crippen molar-refractivity contribution in [1.82, 2.24) is 9.78 Å². The first kappa shape index (κ1) is 11.3. The van der Waals surface area contributed by atoms with E-state index in [0.29, 0.717) is 0 Å². The molecule has 0 aliphatic heterocycles. The maximum absolute atomic E-state index is 6.47. The van der Waals surface area contributed by atoms with Crippen LogP contribution < -0.4 is 5.73 Å². The molecule has 0 saturated heterocycles. The van der Waals surface area contributed by atoms with Gasteiger partial charge in [-0.25, -0.2) is 0 Å². The van der Waals surface area contributed by atoms with Gasteiger partial charge in [-0.1, -0.05) is 19.8 Å². The first-order valence-electron chi connectivity index (χ1n) is 7.10. The zero-order valence-corrected chi connectivity index (χ0v) is 10.7. The molecule has 3 nitrogen and oxygen atoms in total. The Morgan fingerprint density at radius 3 is 2.76 bits per heavy atom. The molecule has 2 aliphatic carbocycles. The van der Waals surface area contributed by atoms with Gasteiger partial charge in [-0.15, -0.1) is 0 Å². The molecular weight excluding hydrogens is 210 g/mol. The van der Waals surface area contributed by atoms with Gasteiger partial charge in [0.1, 0.15) is 0 Å². The van der Waals surface area contributed by atoms with Crippen molar-refractivity contribution in [2.75, 3.05) is 0 Å². The lowest BCUT2D eigenvalue weighted by Crippen LogP contribution is -2.19. The van der Waals surface area contributed by atoms with Gasteiger partial charge in [0.2, 0.25) is 0 Å². The van der Waals surface area contributed by atoms with Gasteiger partial charge in [-0.05, 0) is 43.1 Å². The van der Waals surface area contributed by atoms with Crippen LogP contribution in [0, 0.1) is 17.8 Å². The third-order valence-electron chi connectivity index (χ3n) is 4.66. The zero-order valence-electron chi connectivity index (χ0n) is 10.7. The summed E-state index contributed by atoms with van der Waals surface area (Å²) in [5, 5.41) is 4.39. The van der Waals surface area contributed by atoms with Crippen LogP contribution in [0.1, 0.15) is 50.8 Å². The second-order valence-corrected chi connectivity index (χ2v) is 5.69. The van der Waals surface area contributed by atoms with Crippen molar-refractivity contribution in [2.45, 2.75) is 51.6 Å². The highest BCUT2D eigenvalue weighted by Gasteiger charge is 2.53. The molecule has 0 radical (unpaired) electrons.